The maximum absolute atomic E-state index is 12.6. The van der Waals surface area contributed by atoms with Gasteiger partial charge in [-0.1, -0.05) is 27.5 Å². The molecule has 0 unspecified atom stereocenters. The zero-order valence-electron chi connectivity index (χ0n) is 14.1. The van der Waals surface area contributed by atoms with Crippen LogP contribution in [0.5, 0.6) is 0 Å². The number of nitrogens with zero attached hydrogens (tertiary/aromatic N) is 2. The lowest BCUT2D eigenvalue weighted by atomic mass is 10.2. The fraction of sp³-hybridized carbons (Fsp3) is 0.111. The largest absolute Gasteiger partial charge is 0.325 e. The first-order chi connectivity index (χ1) is 12.8. The average Bonchev–Trinajstić information content (AvgIpc) is 2.60. The summed E-state index contributed by atoms with van der Waals surface area (Å²) in [6, 6.07) is 9.86. The fourth-order valence-electron chi connectivity index (χ4n) is 2.51. The Morgan fingerprint density at radius 3 is 2.67 bits per heavy atom. The number of carbonyl (C=O) groups is 2. The fourth-order valence-corrected chi connectivity index (χ4v) is 3.04. The molecule has 3 rings (SSSR count). The Balaban J connectivity index is 1.86. The molecule has 0 spiro atoms. The summed E-state index contributed by atoms with van der Waals surface area (Å²) in [5, 5.41) is 6.07. The van der Waals surface area contributed by atoms with Crippen molar-refractivity contribution in [3.8, 4) is 0 Å². The molecule has 27 heavy (non-hydrogen) atoms. The van der Waals surface area contributed by atoms with Gasteiger partial charge in [-0.2, -0.15) is 0 Å². The number of fused-ring (bicyclic) bond motifs is 1. The van der Waals surface area contributed by atoms with Crippen molar-refractivity contribution in [2.24, 2.45) is 0 Å². The topological polar surface area (TPSA) is 93.1 Å². The number of benzene rings is 2. The highest BCUT2D eigenvalue weighted by Crippen LogP contribution is 2.26. The summed E-state index contributed by atoms with van der Waals surface area (Å²) in [7, 11) is 0. The number of hydrogen-bond acceptors (Lipinski definition) is 4. The molecule has 138 valence electrons. The van der Waals surface area contributed by atoms with Gasteiger partial charge in [0.15, 0.2) is 0 Å². The highest BCUT2D eigenvalue weighted by atomic mass is 79.9. The van der Waals surface area contributed by atoms with E-state index in [2.05, 4.69) is 31.5 Å². The van der Waals surface area contributed by atoms with Gasteiger partial charge in [-0.25, -0.2) is 4.98 Å². The Morgan fingerprint density at radius 1 is 1.15 bits per heavy atom. The molecule has 0 aliphatic rings. The molecular weight excluding hydrogens is 436 g/mol. The summed E-state index contributed by atoms with van der Waals surface area (Å²) in [6.45, 7) is 1.12. The van der Waals surface area contributed by atoms with Gasteiger partial charge in [0.2, 0.25) is 11.8 Å². The van der Waals surface area contributed by atoms with Crippen LogP contribution in [0.2, 0.25) is 5.02 Å². The molecule has 7 nitrogen and oxygen atoms in total. The smallest absolute Gasteiger partial charge is 0.261 e. The van der Waals surface area contributed by atoms with Crippen LogP contribution < -0.4 is 16.2 Å². The number of hydrogen-bond donors (Lipinski definition) is 2. The minimum Gasteiger partial charge on any atom is -0.325 e. The Kier molecular flexibility index (Phi) is 5.57. The highest BCUT2D eigenvalue weighted by Gasteiger charge is 2.12. The first kappa shape index (κ1) is 19.1. The Bertz CT molecular complexity index is 1110. The van der Waals surface area contributed by atoms with Crippen LogP contribution in [0.4, 0.5) is 11.4 Å². The van der Waals surface area contributed by atoms with Crippen molar-refractivity contribution < 1.29 is 9.59 Å². The standard InChI is InChI=1S/C18H14BrClN4O3/c1-10(25)22-15-5-3-12(20)7-16(15)23-17(26)8-24-9-21-14-4-2-11(19)6-13(14)18(24)27/h2-7,9H,8H2,1H3,(H,22,25)(H,23,26). The summed E-state index contributed by atoms with van der Waals surface area (Å²) in [6.07, 6.45) is 1.32. The van der Waals surface area contributed by atoms with Crippen molar-refractivity contribution in [1.29, 1.82) is 0 Å². The van der Waals surface area contributed by atoms with E-state index >= 15 is 0 Å². The number of carbonyl (C=O) groups excluding carboxylic acids is 2. The van der Waals surface area contributed by atoms with E-state index in [1.54, 1.807) is 30.3 Å². The number of anilines is 2. The third-order valence-corrected chi connectivity index (χ3v) is 4.39. The van der Waals surface area contributed by atoms with E-state index in [0.717, 1.165) is 4.47 Å². The van der Waals surface area contributed by atoms with Crippen molar-refractivity contribution in [3.05, 3.63) is 62.6 Å². The second-order valence-electron chi connectivity index (χ2n) is 5.76. The molecule has 0 saturated carbocycles. The van der Waals surface area contributed by atoms with Gasteiger partial charge in [0.1, 0.15) is 6.54 Å². The van der Waals surface area contributed by atoms with Gasteiger partial charge < -0.3 is 10.6 Å². The summed E-state index contributed by atoms with van der Waals surface area (Å²) in [4.78, 5) is 40.5. The molecule has 0 saturated heterocycles. The minimum atomic E-state index is -0.456. The molecule has 0 fully saturated rings. The predicted octanol–water partition coefficient (Wildman–Crippen LogP) is 3.41. The summed E-state index contributed by atoms with van der Waals surface area (Å²) in [5.41, 5.74) is 0.965. The van der Waals surface area contributed by atoms with Gasteiger partial charge in [0, 0.05) is 16.4 Å². The number of halogens is 2. The number of amides is 2. The molecule has 3 aromatic rings. The number of rotatable bonds is 4. The normalized spacial score (nSPS) is 10.6. The number of aromatic nitrogens is 2. The van der Waals surface area contributed by atoms with Crippen LogP contribution in [-0.4, -0.2) is 21.4 Å². The van der Waals surface area contributed by atoms with Crippen LogP contribution in [0.25, 0.3) is 10.9 Å². The van der Waals surface area contributed by atoms with E-state index in [1.807, 2.05) is 0 Å². The van der Waals surface area contributed by atoms with Crippen LogP contribution in [0.3, 0.4) is 0 Å². The third kappa shape index (κ3) is 4.53. The molecule has 1 aromatic heterocycles. The lowest BCUT2D eigenvalue weighted by Crippen LogP contribution is -2.28. The van der Waals surface area contributed by atoms with E-state index in [9.17, 15) is 14.4 Å². The second kappa shape index (κ2) is 7.89. The van der Waals surface area contributed by atoms with Crippen LogP contribution in [0, 0.1) is 0 Å². The predicted molar refractivity (Wildman–Crippen MR) is 108 cm³/mol. The summed E-state index contributed by atoms with van der Waals surface area (Å²) in [5.74, 6) is -0.740. The molecule has 0 radical (unpaired) electrons. The molecule has 9 heteroatoms. The maximum Gasteiger partial charge on any atom is 0.261 e. The zero-order chi connectivity index (χ0) is 19.6. The van der Waals surface area contributed by atoms with Gasteiger partial charge >= 0.3 is 0 Å². The quantitative estimate of drug-likeness (QED) is 0.638. The molecule has 1 heterocycles. The van der Waals surface area contributed by atoms with Crippen molar-refractivity contribution in [3.63, 3.8) is 0 Å². The van der Waals surface area contributed by atoms with Crippen LogP contribution in [-0.2, 0) is 16.1 Å². The second-order valence-corrected chi connectivity index (χ2v) is 7.11. The first-order valence-electron chi connectivity index (χ1n) is 7.85. The van der Waals surface area contributed by atoms with Gasteiger partial charge in [0.25, 0.3) is 5.56 Å². The molecule has 0 aliphatic carbocycles. The molecule has 2 N–H and O–H groups in total. The number of nitrogens with one attached hydrogen (secondary N) is 2. The van der Waals surface area contributed by atoms with Crippen LogP contribution in [0.15, 0.2) is 52.0 Å². The molecular formula is C18H14BrClN4O3. The Morgan fingerprint density at radius 2 is 1.93 bits per heavy atom. The molecule has 0 atom stereocenters. The average molecular weight is 450 g/mol. The lowest BCUT2D eigenvalue weighted by molar-refractivity contribution is -0.117. The Labute approximate surface area is 167 Å². The van der Waals surface area contributed by atoms with Crippen molar-refractivity contribution in [1.82, 2.24) is 9.55 Å². The Hall–Kier alpha value is -2.71. The van der Waals surface area contributed by atoms with Gasteiger partial charge in [-0.15, -0.1) is 0 Å². The summed E-state index contributed by atoms with van der Waals surface area (Å²) >= 11 is 9.29. The minimum absolute atomic E-state index is 0.236. The summed E-state index contributed by atoms with van der Waals surface area (Å²) < 4.78 is 1.96. The molecule has 2 amide bonds. The molecule has 0 bridgehead atoms. The van der Waals surface area contributed by atoms with E-state index in [0.29, 0.717) is 27.3 Å². The highest BCUT2D eigenvalue weighted by molar-refractivity contribution is 9.10. The zero-order valence-corrected chi connectivity index (χ0v) is 16.5. The van der Waals surface area contributed by atoms with Gasteiger partial charge in [-0.3, -0.25) is 19.0 Å². The third-order valence-electron chi connectivity index (χ3n) is 3.67. The van der Waals surface area contributed by atoms with Gasteiger partial charge in [-0.05, 0) is 36.4 Å². The van der Waals surface area contributed by atoms with Crippen molar-refractivity contribution in [2.45, 2.75) is 13.5 Å². The SMILES string of the molecule is CC(=O)Nc1ccc(Cl)cc1NC(=O)Cn1cnc2ccc(Br)cc2c1=O. The van der Waals surface area contributed by atoms with E-state index in [-0.39, 0.29) is 18.0 Å². The van der Waals surface area contributed by atoms with E-state index < -0.39 is 5.91 Å². The van der Waals surface area contributed by atoms with Crippen LogP contribution in [0.1, 0.15) is 6.92 Å². The molecule has 0 aliphatic heterocycles. The van der Waals surface area contributed by atoms with E-state index in [4.69, 9.17) is 11.6 Å². The molecule has 2 aromatic carbocycles. The first-order valence-corrected chi connectivity index (χ1v) is 9.02. The van der Waals surface area contributed by atoms with Crippen molar-refractivity contribution >= 4 is 61.6 Å². The van der Waals surface area contributed by atoms with E-state index in [1.165, 1.54) is 23.9 Å². The van der Waals surface area contributed by atoms with Crippen molar-refractivity contribution in [2.75, 3.05) is 10.6 Å². The lowest BCUT2D eigenvalue weighted by Gasteiger charge is -2.13. The monoisotopic (exact) mass is 448 g/mol. The van der Waals surface area contributed by atoms with Crippen LogP contribution >= 0.6 is 27.5 Å². The maximum atomic E-state index is 12.6. The van der Waals surface area contributed by atoms with Gasteiger partial charge in [0.05, 0.1) is 28.6 Å².